The molecular formula is C19H26N2O. The van der Waals surface area contributed by atoms with E-state index in [1.165, 1.54) is 38.5 Å². The van der Waals surface area contributed by atoms with Gasteiger partial charge in [-0.05, 0) is 68.4 Å². The molecule has 0 spiro atoms. The lowest BCUT2D eigenvalue weighted by Crippen LogP contribution is -2.60. The lowest BCUT2D eigenvalue weighted by molar-refractivity contribution is -0.125. The zero-order valence-electron chi connectivity index (χ0n) is 13.4. The number of nitrogens with zero attached hydrogens (tertiary/aromatic N) is 1. The molecule has 4 fully saturated rings. The largest absolute Gasteiger partial charge is 0.365 e. The van der Waals surface area contributed by atoms with Crippen LogP contribution < -0.4 is 10.2 Å². The molecule has 3 heteroatoms. The first-order valence-electron chi connectivity index (χ1n) is 8.69. The third-order valence-electron chi connectivity index (χ3n) is 6.02. The average Bonchev–Trinajstić information content (AvgIpc) is 2.45. The van der Waals surface area contributed by atoms with Crippen molar-refractivity contribution in [3.8, 4) is 0 Å². The molecule has 1 aromatic rings. The van der Waals surface area contributed by atoms with Crippen LogP contribution in [0.4, 0.5) is 5.69 Å². The van der Waals surface area contributed by atoms with Crippen LogP contribution >= 0.6 is 0 Å². The van der Waals surface area contributed by atoms with E-state index in [4.69, 9.17) is 0 Å². The number of amides is 1. The molecule has 0 radical (unpaired) electrons. The van der Waals surface area contributed by atoms with Crippen LogP contribution in [-0.4, -0.2) is 25.0 Å². The Balaban J connectivity index is 1.40. The zero-order chi connectivity index (χ0) is 15.2. The van der Waals surface area contributed by atoms with Gasteiger partial charge < -0.3 is 10.2 Å². The van der Waals surface area contributed by atoms with Gasteiger partial charge in [0.25, 0.3) is 0 Å². The monoisotopic (exact) mass is 298 g/mol. The fraction of sp³-hybridized carbons (Fsp3) is 0.632. The molecule has 0 aliphatic heterocycles. The number of benzene rings is 1. The molecule has 4 bridgehead atoms. The molecule has 0 atom stereocenters. The standard InChI is InChI=1S/C19H26N2O/c1-21(17-5-3-2-4-6-17)13-18(22)20-19-10-14-7-15(11-19)9-16(8-14)12-19/h2-6,14-16H,7-13H2,1H3,(H,20,22). The second-order valence-electron chi connectivity index (χ2n) is 7.94. The highest BCUT2D eigenvalue weighted by Gasteiger charge is 2.51. The van der Waals surface area contributed by atoms with Gasteiger partial charge in [0.2, 0.25) is 5.91 Å². The molecule has 5 rings (SSSR count). The molecule has 4 saturated carbocycles. The Kier molecular flexibility index (Phi) is 3.39. The number of nitrogens with one attached hydrogen (secondary N) is 1. The number of anilines is 1. The van der Waals surface area contributed by atoms with Crippen LogP contribution in [0.25, 0.3) is 0 Å². The van der Waals surface area contributed by atoms with Crippen LogP contribution in [0.5, 0.6) is 0 Å². The summed E-state index contributed by atoms with van der Waals surface area (Å²) in [5.74, 6) is 2.81. The van der Waals surface area contributed by atoms with Gasteiger partial charge in [-0.2, -0.15) is 0 Å². The first-order valence-corrected chi connectivity index (χ1v) is 8.69. The highest BCUT2D eigenvalue weighted by atomic mass is 16.2. The Bertz CT molecular complexity index is 519. The van der Waals surface area contributed by atoms with E-state index in [1.54, 1.807) is 0 Å². The van der Waals surface area contributed by atoms with Crippen molar-refractivity contribution >= 4 is 11.6 Å². The maximum Gasteiger partial charge on any atom is 0.239 e. The number of carbonyl (C=O) groups excluding carboxylic acids is 1. The maximum absolute atomic E-state index is 12.6. The number of hydrogen-bond donors (Lipinski definition) is 1. The molecule has 22 heavy (non-hydrogen) atoms. The third-order valence-corrected chi connectivity index (χ3v) is 6.02. The highest BCUT2D eigenvalue weighted by molar-refractivity contribution is 5.82. The van der Waals surface area contributed by atoms with Gasteiger partial charge in [-0.25, -0.2) is 0 Å². The van der Waals surface area contributed by atoms with E-state index in [2.05, 4.69) is 17.4 Å². The van der Waals surface area contributed by atoms with Crippen LogP contribution in [-0.2, 0) is 4.79 Å². The molecule has 1 amide bonds. The molecule has 0 aromatic heterocycles. The minimum Gasteiger partial charge on any atom is -0.365 e. The maximum atomic E-state index is 12.6. The van der Waals surface area contributed by atoms with Gasteiger partial charge in [0.1, 0.15) is 0 Å². The number of para-hydroxylation sites is 1. The van der Waals surface area contributed by atoms with E-state index in [1.807, 2.05) is 30.1 Å². The van der Waals surface area contributed by atoms with Gasteiger partial charge in [0, 0.05) is 18.3 Å². The van der Waals surface area contributed by atoms with Gasteiger partial charge in [-0.1, -0.05) is 18.2 Å². The topological polar surface area (TPSA) is 32.3 Å². The van der Waals surface area contributed by atoms with Crippen LogP contribution in [0.1, 0.15) is 38.5 Å². The Morgan fingerprint density at radius 1 is 1.09 bits per heavy atom. The van der Waals surface area contributed by atoms with Crippen molar-refractivity contribution in [1.82, 2.24) is 5.32 Å². The summed E-state index contributed by atoms with van der Waals surface area (Å²) in [5.41, 5.74) is 1.23. The molecule has 1 N–H and O–H groups in total. The van der Waals surface area contributed by atoms with Crippen LogP contribution in [0.15, 0.2) is 30.3 Å². The predicted octanol–water partition coefficient (Wildman–Crippen LogP) is 3.21. The molecular weight excluding hydrogens is 272 g/mol. The van der Waals surface area contributed by atoms with Crippen molar-refractivity contribution in [2.24, 2.45) is 17.8 Å². The van der Waals surface area contributed by atoms with Crippen molar-refractivity contribution in [1.29, 1.82) is 0 Å². The summed E-state index contributed by atoms with van der Waals surface area (Å²) in [6, 6.07) is 10.1. The van der Waals surface area contributed by atoms with Crippen molar-refractivity contribution in [2.45, 2.75) is 44.1 Å². The SMILES string of the molecule is CN(CC(=O)NC12CC3CC(CC(C3)C1)C2)c1ccccc1. The minimum atomic E-state index is 0.128. The van der Waals surface area contributed by atoms with Crippen molar-refractivity contribution < 1.29 is 4.79 Å². The van der Waals surface area contributed by atoms with Gasteiger partial charge in [-0.15, -0.1) is 0 Å². The van der Waals surface area contributed by atoms with E-state index in [-0.39, 0.29) is 11.4 Å². The second-order valence-corrected chi connectivity index (χ2v) is 7.94. The molecule has 0 heterocycles. The van der Waals surface area contributed by atoms with E-state index in [9.17, 15) is 4.79 Å². The van der Waals surface area contributed by atoms with Gasteiger partial charge in [-0.3, -0.25) is 4.79 Å². The number of hydrogen-bond acceptors (Lipinski definition) is 2. The summed E-state index contributed by atoms with van der Waals surface area (Å²) in [5, 5.41) is 3.44. The second kappa shape index (κ2) is 5.29. The molecule has 118 valence electrons. The van der Waals surface area contributed by atoms with E-state index >= 15 is 0 Å². The lowest BCUT2D eigenvalue weighted by atomic mass is 9.53. The summed E-state index contributed by atoms with van der Waals surface area (Å²) in [7, 11) is 1.99. The summed E-state index contributed by atoms with van der Waals surface area (Å²) >= 11 is 0. The molecule has 4 aliphatic carbocycles. The number of rotatable bonds is 4. The minimum absolute atomic E-state index is 0.128. The van der Waals surface area contributed by atoms with Crippen LogP contribution in [0, 0.1) is 17.8 Å². The first-order chi connectivity index (χ1) is 10.6. The van der Waals surface area contributed by atoms with E-state index < -0.39 is 0 Å². The lowest BCUT2D eigenvalue weighted by Gasteiger charge is -2.57. The molecule has 4 aliphatic rings. The van der Waals surface area contributed by atoms with E-state index in [0.717, 1.165) is 23.4 Å². The van der Waals surface area contributed by atoms with Gasteiger partial charge in [0.15, 0.2) is 0 Å². The summed E-state index contributed by atoms with van der Waals surface area (Å²) in [4.78, 5) is 14.6. The van der Waals surface area contributed by atoms with Crippen LogP contribution in [0.2, 0.25) is 0 Å². The molecule has 0 unspecified atom stereocenters. The molecule has 0 saturated heterocycles. The van der Waals surface area contributed by atoms with Gasteiger partial charge in [0.05, 0.1) is 6.54 Å². The Labute approximate surface area is 133 Å². The summed E-state index contributed by atoms with van der Waals surface area (Å²) < 4.78 is 0. The fourth-order valence-corrected chi connectivity index (χ4v) is 5.59. The van der Waals surface area contributed by atoms with Crippen molar-refractivity contribution in [2.75, 3.05) is 18.5 Å². The molecule has 1 aromatic carbocycles. The van der Waals surface area contributed by atoms with E-state index in [0.29, 0.717) is 6.54 Å². The number of likely N-dealkylation sites (N-methyl/N-ethyl adjacent to an activating group) is 1. The molecule has 3 nitrogen and oxygen atoms in total. The summed E-state index contributed by atoms with van der Waals surface area (Å²) in [6.07, 6.45) is 7.91. The zero-order valence-corrected chi connectivity index (χ0v) is 13.4. The van der Waals surface area contributed by atoms with Crippen LogP contribution in [0.3, 0.4) is 0 Å². The Hall–Kier alpha value is -1.51. The Morgan fingerprint density at radius 3 is 2.18 bits per heavy atom. The van der Waals surface area contributed by atoms with Crippen molar-refractivity contribution in [3.63, 3.8) is 0 Å². The Morgan fingerprint density at radius 2 is 1.64 bits per heavy atom. The summed E-state index contributed by atoms with van der Waals surface area (Å²) in [6.45, 7) is 0.450. The fourth-order valence-electron chi connectivity index (χ4n) is 5.59. The highest BCUT2D eigenvalue weighted by Crippen LogP contribution is 2.55. The number of carbonyl (C=O) groups is 1. The first kappa shape index (κ1) is 14.1. The predicted molar refractivity (Wildman–Crippen MR) is 88.8 cm³/mol. The quantitative estimate of drug-likeness (QED) is 0.926. The van der Waals surface area contributed by atoms with Crippen molar-refractivity contribution in [3.05, 3.63) is 30.3 Å². The van der Waals surface area contributed by atoms with Gasteiger partial charge >= 0.3 is 0 Å². The smallest absolute Gasteiger partial charge is 0.239 e. The average molecular weight is 298 g/mol. The normalized spacial score (nSPS) is 35.4. The third kappa shape index (κ3) is 2.62.